The third-order valence-corrected chi connectivity index (χ3v) is 6.33. The minimum atomic E-state index is -4.44. The van der Waals surface area contributed by atoms with Crippen molar-refractivity contribution in [3.05, 3.63) is 48.2 Å². The van der Waals surface area contributed by atoms with Crippen LogP contribution >= 0.6 is 10.3 Å². The molecule has 0 atom stereocenters. The second-order valence-corrected chi connectivity index (χ2v) is 11.0. The Morgan fingerprint density at radius 2 is 1.91 bits per heavy atom. The van der Waals surface area contributed by atoms with Crippen molar-refractivity contribution in [3.8, 4) is 17.6 Å². The molecular formula is C24H26F3N3O3S. The molecule has 182 valence electrons. The molecule has 0 saturated heterocycles. The minimum absolute atomic E-state index is 0.150. The molecule has 1 heterocycles. The lowest BCUT2D eigenvalue weighted by Crippen LogP contribution is -2.18. The maximum absolute atomic E-state index is 13.3. The predicted molar refractivity (Wildman–Crippen MR) is 131 cm³/mol. The van der Waals surface area contributed by atoms with E-state index in [0.717, 1.165) is 9.46 Å². The van der Waals surface area contributed by atoms with Crippen LogP contribution < -0.4 is 15.4 Å². The average molecular weight is 494 g/mol. The van der Waals surface area contributed by atoms with Crippen molar-refractivity contribution in [3.63, 3.8) is 0 Å². The standard InChI is InChI=1S/C24H26F3N3O3S/c1-16(31)29-20-8-5-9-22-19(20)13-17(30(22)15-24(25,26)27)7-6-12-28-21-11-10-18(34(3,4)32)14-23(21)33-2/h5,8-11,13-14,28,32H,12,15H2,1-4H3,(H,29,31). The summed E-state index contributed by atoms with van der Waals surface area (Å²) in [5, 5.41) is 6.21. The first-order valence-electron chi connectivity index (χ1n) is 10.2. The van der Waals surface area contributed by atoms with Crippen LogP contribution in [0.25, 0.3) is 10.9 Å². The number of nitrogens with one attached hydrogen (secondary N) is 2. The van der Waals surface area contributed by atoms with Crippen LogP contribution in [0.3, 0.4) is 0 Å². The maximum atomic E-state index is 13.3. The van der Waals surface area contributed by atoms with E-state index >= 15 is 0 Å². The number of alkyl halides is 3. The number of benzene rings is 2. The summed E-state index contributed by atoms with van der Waals surface area (Å²) in [6.07, 6.45) is -0.947. The smallest absolute Gasteiger partial charge is 0.406 e. The van der Waals surface area contributed by atoms with Gasteiger partial charge in [0.1, 0.15) is 12.3 Å². The van der Waals surface area contributed by atoms with Crippen molar-refractivity contribution < 1.29 is 27.3 Å². The van der Waals surface area contributed by atoms with Crippen LogP contribution in [0.2, 0.25) is 0 Å². The Labute approximate surface area is 197 Å². The third-order valence-electron chi connectivity index (χ3n) is 4.93. The zero-order valence-corrected chi connectivity index (χ0v) is 20.0. The Hall–Kier alpha value is -3.29. The number of fused-ring (bicyclic) bond motifs is 1. The predicted octanol–water partition coefficient (Wildman–Crippen LogP) is 5.53. The number of nitrogens with zero attached hydrogens (tertiary/aromatic N) is 1. The molecule has 1 aromatic heterocycles. The van der Waals surface area contributed by atoms with E-state index in [-0.39, 0.29) is 18.1 Å². The van der Waals surface area contributed by atoms with E-state index in [9.17, 15) is 22.5 Å². The quantitative estimate of drug-likeness (QED) is 0.395. The van der Waals surface area contributed by atoms with E-state index in [2.05, 4.69) is 22.5 Å². The van der Waals surface area contributed by atoms with E-state index in [1.807, 2.05) is 0 Å². The number of halogens is 3. The topological polar surface area (TPSA) is 75.5 Å². The number of aromatic nitrogens is 1. The molecule has 6 nitrogen and oxygen atoms in total. The molecule has 3 rings (SSSR count). The maximum Gasteiger partial charge on any atom is 0.406 e. The lowest BCUT2D eigenvalue weighted by molar-refractivity contribution is -0.140. The van der Waals surface area contributed by atoms with E-state index in [0.29, 0.717) is 28.0 Å². The van der Waals surface area contributed by atoms with E-state index in [4.69, 9.17) is 4.74 Å². The summed E-state index contributed by atoms with van der Waals surface area (Å²) in [6, 6.07) is 11.6. The fraction of sp³-hybridized carbons (Fsp3) is 0.292. The van der Waals surface area contributed by atoms with Gasteiger partial charge >= 0.3 is 6.18 Å². The molecule has 0 fully saturated rings. The van der Waals surface area contributed by atoms with Gasteiger partial charge in [-0.05, 0) is 54.8 Å². The highest BCUT2D eigenvalue weighted by atomic mass is 32.3. The Bertz CT molecular complexity index is 1270. The highest BCUT2D eigenvalue weighted by Gasteiger charge is 2.30. The zero-order chi connectivity index (χ0) is 25.1. The Balaban J connectivity index is 1.90. The van der Waals surface area contributed by atoms with Gasteiger partial charge in [-0.3, -0.25) is 4.79 Å². The van der Waals surface area contributed by atoms with Gasteiger partial charge in [0.2, 0.25) is 5.91 Å². The summed E-state index contributed by atoms with van der Waals surface area (Å²) >= 11 is 0. The lowest BCUT2D eigenvalue weighted by Gasteiger charge is -2.24. The summed E-state index contributed by atoms with van der Waals surface area (Å²) in [6.45, 7) is 0.283. The second-order valence-electron chi connectivity index (χ2n) is 7.94. The number of carbonyl (C=O) groups is 1. The van der Waals surface area contributed by atoms with Crippen molar-refractivity contribution in [2.45, 2.75) is 24.5 Å². The van der Waals surface area contributed by atoms with Crippen LogP contribution in [0.1, 0.15) is 12.6 Å². The second kappa shape index (κ2) is 9.91. The molecule has 0 aliphatic heterocycles. The molecule has 0 aliphatic rings. The molecule has 0 spiro atoms. The van der Waals surface area contributed by atoms with Crippen molar-refractivity contribution >= 4 is 38.5 Å². The number of hydrogen-bond acceptors (Lipinski definition) is 4. The molecule has 0 saturated carbocycles. The van der Waals surface area contributed by atoms with E-state index in [1.165, 1.54) is 14.0 Å². The number of methoxy groups -OCH3 is 1. The molecule has 0 aliphatic carbocycles. The van der Waals surface area contributed by atoms with Crippen LogP contribution in [0.15, 0.2) is 47.4 Å². The summed E-state index contributed by atoms with van der Waals surface area (Å²) < 4.78 is 56.5. The lowest BCUT2D eigenvalue weighted by atomic mass is 10.2. The Morgan fingerprint density at radius 1 is 1.18 bits per heavy atom. The van der Waals surface area contributed by atoms with Crippen molar-refractivity contribution in [1.82, 2.24) is 4.57 Å². The number of anilines is 2. The van der Waals surface area contributed by atoms with Gasteiger partial charge in [0.05, 0.1) is 36.2 Å². The van der Waals surface area contributed by atoms with Crippen molar-refractivity contribution in [2.24, 2.45) is 0 Å². The van der Waals surface area contributed by atoms with E-state index in [1.54, 1.807) is 55.0 Å². The van der Waals surface area contributed by atoms with Crippen LogP contribution in [-0.4, -0.2) is 47.4 Å². The normalized spacial score (nSPS) is 12.1. The fourth-order valence-corrected chi connectivity index (χ4v) is 4.24. The molecule has 3 aromatic rings. The minimum Gasteiger partial charge on any atom is -0.495 e. The van der Waals surface area contributed by atoms with Crippen molar-refractivity contribution in [2.75, 3.05) is 36.8 Å². The summed E-state index contributed by atoms with van der Waals surface area (Å²) in [7, 11) is -0.402. The number of amides is 1. The molecule has 0 bridgehead atoms. The zero-order valence-electron chi connectivity index (χ0n) is 19.2. The average Bonchev–Trinajstić information content (AvgIpc) is 3.07. The Kier molecular flexibility index (Phi) is 7.38. The molecule has 34 heavy (non-hydrogen) atoms. The third kappa shape index (κ3) is 6.18. The fourth-order valence-electron chi connectivity index (χ4n) is 3.44. The van der Waals surface area contributed by atoms with Gasteiger partial charge in [-0.25, -0.2) is 0 Å². The van der Waals surface area contributed by atoms with Gasteiger partial charge in [0, 0.05) is 17.2 Å². The van der Waals surface area contributed by atoms with Gasteiger partial charge < -0.3 is 24.5 Å². The van der Waals surface area contributed by atoms with Gasteiger partial charge in [-0.1, -0.05) is 12.0 Å². The number of ether oxygens (including phenoxy) is 1. The van der Waals surface area contributed by atoms with Gasteiger partial charge in [-0.2, -0.15) is 13.2 Å². The summed E-state index contributed by atoms with van der Waals surface area (Å²) in [5.74, 6) is 5.88. The number of rotatable bonds is 6. The molecular weight excluding hydrogens is 467 g/mol. The first-order valence-corrected chi connectivity index (χ1v) is 12.6. The Morgan fingerprint density at radius 3 is 2.53 bits per heavy atom. The summed E-state index contributed by atoms with van der Waals surface area (Å²) in [5.41, 5.74) is 1.57. The van der Waals surface area contributed by atoms with E-state index < -0.39 is 23.0 Å². The monoisotopic (exact) mass is 493 g/mol. The van der Waals surface area contributed by atoms with Gasteiger partial charge in [-0.15, -0.1) is 10.3 Å². The SMILES string of the molecule is COc1cc(S(C)(C)O)ccc1NCC#Cc1cc2c(NC(C)=O)cccc2n1CC(F)(F)F. The van der Waals surface area contributed by atoms with Crippen molar-refractivity contribution in [1.29, 1.82) is 0 Å². The first-order chi connectivity index (χ1) is 15.9. The molecule has 0 radical (unpaired) electrons. The highest BCUT2D eigenvalue weighted by Crippen LogP contribution is 2.46. The molecule has 1 amide bonds. The highest BCUT2D eigenvalue weighted by molar-refractivity contribution is 8.28. The van der Waals surface area contributed by atoms with Crippen LogP contribution in [0, 0.1) is 11.8 Å². The summed E-state index contributed by atoms with van der Waals surface area (Å²) in [4.78, 5) is 12.3. The van der Waals surface area contributed by atoms with Crippen LogP contribution in [-0.2, 0) is 11.3 Å². The van der Waals surface area contributed by atoms with Gasteiger partial charge in [0.25, 0.3) is 0 Å². The van der Waals surface area contributed by atoms with Gasteiger partial charge in [0.15, 0.2) is 0 Å². The number of hydrogen-bond donors (Lipinski definition) is 3. The molecule has 2 aromatic carbocycles. The molecule has 3 N–H and O–H groups in total. The van der Waals surface area contributed by atoms with Crippen LogP contribution in [0.4, 0.5) is 24.5 Å². The first kappa shape index (κ1) is 25.3. The largest absolute Gasteiger partial charge is 0.495 e. The number of carbonyl (C=O) groups excluding carboxylic acids is 1. The molecule has 10 heteroatoms. The molecule has 0 unspecified atom stereocenters. The van der Waals surface area contributed by atoms with Crippen LogP contribution in [0.5, 0.6) is 5.75 Å².